The summed E-state index contributed by atoms with van der Waals surface area (Å²) in [6, 6.07) is 24.2. The maximum absolute atomic E-state index is 12.9. The van der Waals surface area contributed by atoms with E-state index in [1.54, 1.807) is 72.8 Å². The predicted molar refractivity (Wildman–Crippen MR) is 103 cm³/mol. The van der Waals surface area contributed by atoms with Crippen molar-refractivity contribution in [1.82, 2.24) is 0 Å². The fraction of sp³-hybridized carbons (Fsp3) is 0. The Morgan fingerprint density at radius 2 is 1.42 bits per heavy atom. The van der Waals surface area contributed by atoms with Crippen LogP contribution in [0, 0.1) is 0 Å². The summed E-state index contributed by atoms with van der Waals surface area (Å²) in [5.41, 5.74) is 1.24. The number of hydrogen-bond acceptors (Lipinski definition) is 4. The van der Waals surface area contributed by atoms with Crippen molar-refractivity contribution in [1.29, 1.82) is 0 Å². The van der Waals surface area contributed by atoms with Gasteiger partial charge in [0.1, 0.15) is 0 Å². The van der Waals surface area contributed by atoms with Crippen molar-refractivity contribution in [3.05, 3.63) is 107 Å². The van der Waals surface area contributed by atoms with Crippen LogP contribution in [0.2, 0.25) is 5.02 Å². The fourth-order valence-corrected chi connectivity index (χ4v) is 2.49. The number of ketones is 1. The monoisotopic (exact) mass is 362 g/mol. The molecule has 0 amide bonds. The summed E-state index contributed by atoms with van der Waals surface area (Å²) in [7, 11) is 0. The third kappa shape index (κ3) is 4.23. The zero-order valence-electron chi connectivity index (χ0n) is 13.7. The molecule has 0 unspecified atom stereocenters. The molecular formula is C21H15ClN2O2. The number of halogens is 1. The van der Waals surface area contributed by atoms with Crippen LogP contribution in [0.25, 0.3) is 5.76 Å². The first-order valence-corrected chi connectivity index (χ1v) is 8.28. The van der Waals surface area contributed by atoms with Crippen LogP contribution in [-0.4, -0.2) is 10.9 Å². The zero-order chi connectivity index (χ0) is 18.4. The number of hydrogen-bond donors (Lipinski definition) is 1. The number of aliphatic hydroxyl groups is 1. The second-order valence-corrected chi connectivity index (χ2v) is 5.87. The number of aliphatic hydroxyl groups excluding tert-OH is 1. The van der Waals surface area contributed by atoms with E-state index in [1.165, 1.54) is 0 Å². The number of allylic oxidation sites excluding steroid dienone is 1. The highest BCUT2D eigenvalue weighted by atomic mass is 35.5. The van der Waals surface area contributed by atoms with Gasteiger partial charge < -0.3 is 5.11 Å². The van der Waals surface area contributed by atoms with Gasteiger partial charge in [-0.25, -0.2) is 0 Å². The maximum atomic E-state index is 12.9. The summed E-state index contributed by atoms with van der Waals surface area (Å²) in [6.07, 6.45) is 0. The Bertz CT molecular complexity index is 968. The Balaban J connectivity index is 2.06. The molecule has 0 radical (unpaired) electrons. The summed E-state index contributed by atoms with van der Waals surface area (Å²) in [4.78, 5) is 12.9. The Hall–Kier alpha value is -3.24. The first-order chi connectivity index (χ1) is 12.6. The molecule has 0 atom stereocenters. The minimum absolute atomic E-state index is 0.137. The maximum Gasteiger partial charge on any atom is 0.217 e. The van der Waals surface area contributed by atoms with Crippen molar-refractivity contribution in [3.8, 4) is 0 Å². The molecule has 0 spiro atoms. The highest BCUT2D eigenvalue weighted by Gasteiger charge is 2.18. The summed E-state index contributed by atoms with van der Waals surface area (Å²) >= 11 is 5.95. The number of nitrogens with zero attached hydrogens (tertiary/aromatic N) is 2. The van der Waals surface area contributed by atoms with Crippen molar-refractivity contribution in [2.75, 3.05) is 0 Å². The van der Waals surface area contributed by atoms with E-state index in [1.807, 2.05) is 12.1 Å². The van der Waals surface area contributed by atoms with Crippen LogP contribution in [0.15, 0.2) is 101 Å². The lowest BCUT2D eigenvalue weighted by Crippen LogP contribution is -2.04. The Labute approximate surface area is 156 Å². The second kappa shape index (κ2) is 8.23. The minimum atomic E-state index is -0.419. The lowest BCUT2D eigenvalue weighted by molar-refractivity contribution is 0.103. The van der Waals surface area contributed by atoms with Gasteiger partial charge in [0.15, 0.2) is 11.5 Å². The lowest BCUT2D eigenvalue weighted by Gasteiger charge is -2.06. The summed E-state index contributed by atoms with van der Waals surface area (Å²) < 4.78 is 0. The quantitative estimate of drug-likeness (QED) is 0.253. The molecule has 3 rings (SSSR count). The molecule has 0 fully saturated rings. The van der Waals surface area contributed by atoms with Gasteiger partial charge >= 0.3 is 0 Å². The fourth-order valence-electron chi connectivity index (χ4n) is 2.31. The number of carbonyl (C=O) groups is 1. The van der Waals surface area contributed by atoms with Gasteiger partial charge in [-0.2, -0.15) is 5.11 Å². The number of benzene rings is 3. The SMILES string of the molecule is O=C(/C(N=Nc1cccc(Cl)c1)=C(\O)c1ccccc1)c1ccccc1. The Morgan fingerprint density at radius 1 is 0.808 bits per heavy atom. The molecular weight excluding hydrogens is 348 g/mol. The van der Waals surface area contributed by atoms with E-state index in [0.717, 1.165) is 0 Å². The normalized spacial score (nSPS) is 12.0. The van der Waals surface area contributed by atoms with Crippen molar-refractivity contribution in [3.63, 3.8) is 0 Å². The molecule has 5 heteroatoms. The third-order valence-electron chi connectivity index (χ3n) is 3.60. The second-order valence-electron chi connectivity index (χ2n) is 5.44. The van der Waals surface area contributed by atoms with Crippen LogP contribution in [-0.2, 0) is 0 Å². The molecule has 26 heavy (non-hydrogen) atoms. The molecule has 0 heterocycles. The topological polar surface area (TPSA) is 62.0 Å². The average molecular weight is 363 g/mol. The number of carbonyl (C=O) groups excluding carboxylic acids is 1. The van der Waals surface area contributed by atoms with Gasteiger partial charge in [0.05, 0.1) is 5.69 Å². The van der Waals surface area contributed by atoms with Crippen molar-refractivity contribution in [2.24, 2.45) is 10.2 Å². The van der Waals surface area contributed by atoms with Gasteiger partial charge in [-0.1, -0.05) is 78.3 Å². The summed E-state index contributed by atoms with van der Waals surface area (Å²) in [5, 5.41) is 19.2. The van der Waals surface area contributed by atoms with Gasteiger partial charge in [0, 0.05) is 16.1 Å². The summed E-state index contributed by atoms with van der Waals surface area (Å²) in [5.74, 6) is -0.650. The van der Waals surface area contributed by atoms with Gasteiger partial charge in [-0.05, 0) is 18.2 Å². The van der Waals surface area contributed by atoms with Crippen LogP contribution in [0.1, 0.15) is 15.9 Å². The highest BCUT2D eigenvalue weighted by Crippen LogP contribution is 2.24. The minimum Gasteiger partial charge on any atom is -0.505 e. The summed E-state index contributed by atoms with van der Waals surface area (Å²) in [6.45, 7) is 0. The van der Waals surface area contributed by atoms with E-state index in [0.29, 0.717) is 21.8 Å². The molecule has 0 aromatic heterocycles. The predicted octanol–water partition coefficient (Wildman–Crippen LogP) is 6.23. The molecule has 0 aliphatic heterocycles. The molecule has 0 aliphatic carbocycles. The Morgan fingerprint density at radius 3 is 2.04 bits per heavy atom. The first kappa shape index (κ1) is 17.6. The number of Topliss-reactive ketones (excluding diaryl/α,β-unsaturated/α-hetero) is 1. The average Bonchev–Trinajstić information content (AvgIpc) is 2.69. The van der Waals surface area contributed by atoms with Crippen LogP contribution in [0.4, 0.5) is 5.69 Å². The lowest BCUT2D eigenvalue weighted by atomic mass is 10.1. The van der Waals surface area contributed by atoms with Gasteiger partial charge in [-0.3, -0.25) is 4.79 Å². The van der Waals surface area contributed by atoms with Crippen LogP contribution < -0.4 is 0 Å². The van der Waals surface area contributed by atoms with Crippen LogP contribution in [0.5, 0.6) is 0 Å². The van der Waals surface area contributed by atoms with E-state index in [9.17, 15) is 9.90 Å². The van der Waals surface area contributed by atoms with Gasteiger partial charge in [0.25, 0.3) is 0 Å². The zero-order valence-corrected chi connectivity index (χ0v) is 14.5. The smallest absolute Gasteiger partial charge is 0.217 e. The third-order valence-corrected chi connectivity index (χ3v) is 3.83. The van der Waals surface area contributed by atoms with E-state index in [2.05, 4.69) is 10.2 Å². The highest BCUT2D eigenvalue weighted by molar-refractivity contribution is 6.30. The van der Waals surface area contributed by atoms with Crippen LogP contribution >= 0.6 is 11.6 Å². The molecule has 128 valence electrons. The Kier molecular flexibility index (Phi) is 5.56. The van der Waals surface area contributed by atoms with E-state index >= 15 is 0 Å². The largest absolute Gasteiger partial charge is 0.505 e. The molecule has 3 aromatic carbocycles. The molecule has 0 bridgehead atoms. The van der Waals surface area contributed by atoms with Gasteiger partial charge in [-0.15, -0.1) is 5.11 Å². The van der Waals surface area contributed by atoms with Crippen LogP contribution in [0.3, 0.4) is 0 Å². The first-order valence-electron chi connectivity index (χ1n) is 7.91. The molecule has 0 aliphatic rings. The number of rotatable bonds is 5. The standard InChI is InChI=1S/C21H15ClN2O2/c22-17-12-7-13-18(14-17)23-24-19(20(25)15-8-3-1-4-9-15)21(26)16-10-5-2-6-11-16/h1-14,25H/b20-19+,24-23?. The van der Waals surface area contributed by atoms with Gasteiger partial charge in [0.2, 0.25) is 5.78 Å². The molecule has 0 saturated heterocycles. The molecule has 1 N–H and O–H groups in total. The van der Waals surface area contributed by atoms with E-state index < -0.39 is 5.78 Å². The van der Waals surface area contributed by atoms with Crippen molar-refractivity contribution >= 4 is 28.8 Å². The molecule has 3 aromatic rings. The van der Waals surface area contributed by atoms with Crippen molar-refractivity contribution in [2.45, 2.75) is 0 Å². The number of azo groups is 1. The van der Waals surface area contributed by atoms with E-state index in [-0.39, 0.29) is 11.5 Å². The molecule has 0 saturated carbocycles. The van der Waals surface area contributed by atoms with E-state index in [4.69, 9.17) is 11.6 Å². The van der Waals surface area contributed by atoms with Crippen molar-refractivity contribution < 1.29 is 9.90 Å². The molecule has 4 nitrogen and oxygen atoms in total.